The first-order valence-corrected chi connectivity index (χ1v) is 7.41. The van der Waals surface area contributed by atoms with Crippen molar-refractivity contribution in [2.24, 2.45) is 5.92 Å². The van der Waals surface area contributed by atoms with E-state index in [2.05, 4.69) is 5.32 Å². The zero-order valence-corrected chi connectivity index (χ0v) is 12.3. The first-order valence-electron chi connectivity index (χ1n) is 7.41. The molecule has 1 aromatic carbocycles. The minimum atomic E-state index is -0.489. The average molecular weight is 295 g/mol. The minimum absolute atomic E-state index is 0.0268. The fourth-order valence-corrected chi connectivity index (χ4v) is 2.85. The molecule has 1 saturated carbocycles. The molecule has 2 rings (SSSR count). The summed E-state index contributed by atoms with van der Waals surface area (Å²) >= 11 is 0. The highest BCUT2D eigenvalue weighted by atomic mass is 19.1. The third-order valence-corrected chi connectivity index (χ3v) is 4.12. The summed E-state index contributed by atoms with van der Waals surface area (Å²) in [6.07, 6.45) is 5.06. The van der Waals surface area contributed by atoms with Crippen LogP contribution >= 0.6 is 0 Å². The molecule has 0 spiro atoms. The molecule has 0 bridgehead atoms. The van der Waals surface area contributed by atoms with Gasteiger partial charge in [0.05, 0.1) is 7.11 Å². The molecule has 4 nitrogen and oxygen atoms in total. The van der Waals surface area contributed by atoms with E-state index in [1.165, 1.54) is 25.3 Å². The Labute approximate surface area is 124 Å². The van der Waals surface area contributed by atoms with Crippen LogP contribution in [-0.2, 0) is 0 Å². The lowest BCUT2D eigenvalue weighted by Gasteiger charge is -2.24. The molecule has 0 aliphatic heterocycles. The van der Waals surface area contributed by atoms with Crippen LogP contribution < -0.4 is 10.1 Å². The molecule has 0 saturated heterocycles. The number of rotatable bonds is 4. The second-order valence-corrected chi connectivity index (χ2v) is 5.51. The molecule has 0 unspecified atom stereocenters. The molecule has 0 radical (unpaired) electrons. The van der Waals surface area contributed by atoms with Crippen molar-refractivity contribution in [2.75, 3.05) is 13.7 Å². The Hall–Kier alpha value is -1.62. The van der Waals surface area contributed by atoms with E-state index in [0.29, 0.717) is 5.56 Å². The van der Waals surface area contributed by atoms with E-state index in [-0.39, 0.29) is 30.2 Å². The van der Waals surface area contributed by atoms with Gasteiger partial charge >= 0.3 is 0 Å². The first-order chi connectivity index (χ1) is 10.2. The van der Waals surface area contributed by atoms with Gasteiger partial charge in [0.1, 0.15) is 0 Å². The number of carbonyl (C=O) groups excluding carboxylic acids is 1. The number of benzene rings is 1. The summed E-state index contributed by atoms with van der Waals surface area (Å²) < 4.78 is 18.3. The van der Waals surface area contributed by atoms with E-state index < -0.39 is 5.82 Å². The van der Waals surface area contributed by atoms with Gasteiger partial charge in [-0.05, 0) is 31.0 Å². The Morgan fingerprint density at radius 3 is 2.86 bits per heavy atom. The third-order valence-electron chi connectivity index (χ3n) is 4.12. The van der Waals surface area contributed by atoms with Crippen molar-refractivity contribution < 1.29 is 19.0 Å². The van der Waals surface area contributed by atoms with Crippen LogP contribution in [0.5, 0.6) is 5.75 Å². The Morgan fingerprint density at radius 1 is 1.38 bits per heavy atom. The Balaban J connectivity index is 2.08. The van der Waals surface area contributed by atoms with Crippen LogP contribution in [0.4, 0.5) is 4.39 Å². The van der Waals surface area contributed by atoms with Crippen molar-refractivity contribution in [1.82, 2.24) is 5.32 Å². The summed E-state index contributed by atoms with van der Waals surface area (Å²) in [6.45, 7) is 0.0810. The maximum atomic E-state index is 13.4. The molecule has 1 aromatic rings. The summed E-state index contributed by atoms with van der Waals surface area (Å²) in [7, 11) is 1.37. The van der Waals surface area contributed by atoms with Crippen molar-refractivity contribution in [3.05, 3.63) is 29.6 Å². The summed E-state index contributed by atoms with van der Waals surface area (Å²) in [5.74, 6) is -0.587. The Bertz CT molecular complexity index is 492. The van der Waals surface area contributed by atoms with Crippen molar-refractivity contribution >= 4 is 5.91 Å². The van der Waals surface area contributed by atoms with E-state index in [0.717, 1.165) is 32.1 Å². The van der Waals surface area contributed by atoms with Crippen LogP contribution in [0.1, 0.15) is 42.5 Å². The first kappa shape index (κ1) is 15.8. The molecule has 2 atom stereocenters. The number of nitrogens with one attached hydrogen (secondary N) is 1. The molecular formula is C16H22FNO3. The van der Waals surface area contributed by atoms with Crippen LogP contribution in [0.25, 0.3) is 0 Å². The molecular weight excluding hydrogens is 273 g/mol. The van der Waals surface area contributed by atoms with E-state index in [1.807, 2.05) is 0 Å². The molecule has 1 fully saturated rings. The van der Waals surface area contributed by atoms with Crippen LogP contribution in [-0.4, -0.2) is 30.8 Å². The van der Waals surface area contributed by atoms with Gasteiger partial charge in [0.2, 0.25) is 0 Å². The zero-order valence-electron chi connectivity index (χ0n) is 12.3. The second kappa shape index (κ2) is 7.41. The number of carbonyl (C=O) groups is 1. The predicted octanol–water partition coefficient (Wildman–Crippen LogP) is 2.51. The quantitative estimate of drug-likeness (QED) is 0.839. The van der Waals surface area contributed by atoms with Crippen molar-refractivity contribution in [3.63, 3.8) is 0 Å². The summed E-state index contributed by atoms with van der Waals surface area (Å²) in [6, 6.07) is 4.04. The van der Waals surface area contributed by atoms with Crippen LogP contribution in [0.15, 0.2) is 18.2 Å². The van der Waals surface area contributed by atoms with Crippen molar-refractivity contribution in [1.29, 1.82) is 0 Å². The van der Waals surface area contributed by atoms with Gasteiger partial charge < -0.3 is 15.2 Å². The summed E-state index contributed by atoms with van der Waals surface area (Å²) in [5, 5.41) is 12.4. The average Bonchev–Trinajstić information content (AvgIpc) is 2.72. The van der Waals surface area contributed by atoms with Crippen LogP contribution in [0.3, 0.4) is 0 Å². The van der Waals surface area contributed by atoms with Crippen molar-refractivity contribution in [3.8, 4) is 5.75 Å². The highest BCUT2D eigenvalue weighted by Crippen LogP contribution is 2.24. The highest BCUT2D eigenvalue weighted by molar-refractivity contribution is 5.94. The lowest BCUT2D eigenvalue weighted by atomic mass is 9.95. The maximum Gasteiger partial charge on any atom is 0.251 e. The number of halogens is 1. The lowest BCUT2D eigenvalue weighted by Crippen LogP contribution is -2.41. The van der Waals surface area contributed by atoms with Gasteiger partial charge in [0.15, 0.2) is 11.6 Å². The Morgan fingerprint density at radius 2 is 2.14 bits per heavy atom. The van der Waals surface area contributed by atoms with Crippen LogP contribution in [0.2, 0.25) is 0 Å². The van der Waals surface area contributed by atoms with Gasteiger partial charge in [-0.1, -0.05) is 19.3 Å². The molecule has 0 heterocycles. The number of hydrogen-bond donors (Lipinski definition) is 2. The fourth-order valence-electron chi connectivity index (χ4n) is 2.85. The number of aliphatic hydroxyl groups is 1. The second-order valence-electron chi connectivity index (χ2n) is 5.51. The molecule has 21 heavy (non-hydrogen) atoms. The van der Waals surface area contributed by atoms with E-state index in [1.54, 1.807) is 0 Å². The largest absolute Gasteiger partial charge is 0.494 e. The molecule has 1 aliphatic rings. The van der Waals surface area contributed by atoms with E-state index in [4.69, 9.17) is 4.74 Å². The molecule has 2 N–H and O–H groups in total. The van der Waals surface area contributed by atoms with E-state index >= 15 is 0 Å². The SMILES string of the molecule is COc1cc(C(=O)N[C@H]2CCCCC[C@@H]2CO)ccc1F. The zero-order chi connectivity index (χ0) is 15.2. The monoisotopic (exact) mass is 295 g/mol. The van der Waals surface area contributed by atoms with Gasteiger partial charge in [-0.15, -0.1) is 0 Å². The minimum Gasteiger partial charge on any atom is -0.494 e. The van der Waals surface area contributed by atoms with Gasteiger partial charge in [0.25, 0.3) is 5.91 Å². The van der Waals surface area contributed by atoms with E-state index in [9.17, 15) is 14.3 Å². The molecule has 116 valence electrons. The number of amides is 1. The van der Waals surface area contributed by atoms with Gasteiger partial charge in [-0.25, -0.2) is 4.39 Å². The standard InChI is InChI=1S/C16H22FNO3/c1-21-15-9-11(7-8-13(15)17)16(20)18-14-6-4-2-3-5-12(14)10-19/h7-9,12,14,19H,2-6,10H2,1H3,(H,18,20)/t12-,14+/m1/s1. The smallest absolute Gasteiger partial charge is 0.251 e. The molecule has 1 amide bonds. The Kier molecular flexibility index (Phi) is 5.56. The number of aliphatic hydroxyl groups excluding tert-OH is 1. The summed E-state index contributed by atoms with van der Waals surface area (Å²) in [4.78, 5) is 12.3. The molecule has 1 aliphatic carbocycles. The molecule has 5 heteroatoms. The normalized spacial score (nSPS) is 22.4. The third kappa shape index (κ3) is 3.94. The van der Waals surface area contributed by atoms with Gasteiger partial charge in [0, 0.05) is 24.1 Å². The number of hydrogen-bond acceptors (Lipinski definition) is 3. The van der Waals surface area contributed by atoms with Gasteiger partial charge in [-0.2, -0.15) is 0 Å². The lowest BCUT2D eigenvalue weighted by molar-refractivity contribution is 0.0899. The predicted molar refractivity (Wildman–Crippen MR) is 77.9 cm³/mol. The van der Waals surface area contributed by atoms with Crippen LogP contribution in [0, 0.1) is 11.7 Å². The maximum absolute atomic E-state index is 13.4. The van der Waals surface area contributed by atoms with Crippen molar-refractivity contribution in [2.45, 2.75) is 38.1 Å². The summed E-state index contributed by atoms with van der Waals surface area (Å²) in [5.41, 5.74) is 0.370. The highest BCUT2D eigenvalue weighted by Gasteiger charge is 2.25. The topological polar surface area (TPSA) is 58.6 Å². The number of methoxy groups -OCH3 is 1. The number of ether oxygens (including phenoxy) is 1. The van der Waals surface area contributed by atoms with Gasteiger partial charge in [-0.3, -0.25) is 4.79 Å². The molecule has 0 aromatic heterocycles. The fraction of sp³-hybridized carbons (Fsp3) is 0.562.